The van der Waals surface area contributed by atoms with Crippen molar-refractivity contribution in [2.45, 2.75) is 0 Å². The topological polar surface area (TPSA) is 42.4 Å². The van der Waals surface area contributed by atoms with Crippen molar-refractivity contribution in [3.63, 3.8) is 0 Å². The van der Waals surface area contributed by atoms with E-state index in [9.17, 15) is 4.39 Å². The van der Waals surface area contributed by atoms with Crippen molar-refractivity contribution in [2.75, 3.05) is 13.2 Å². The average molecular weight is 192 g/mol. The van der Waals surface area contributed by atoms with Gasteiger partial charge < -0.3 is 9.84 Å². The Bertz CT molecular complexity index is 270. The molecule has 1 heterocycles. The molecule has 0 saturated heterocycles. The smallest absolute Gasteiger partial charge is 0.164 e. The second-order valence-electron chi connectivity index (χ2n) is 2.02. The first-order chi connectivity index (χ1) is 5.74. The van der Waals surface area contributed by atoms with Crippen LogP contribution in [0, 0.1) is 5.82 Å². The summed E-state index contributed by atoms with van der Waals surface area (Å²) in [5.74, 6) is -0.377. The van der Waals surface area contributed by atoms with Crippen molar-refractivity contribution in [1.29, 1.82) is 0 Å². The molecule has 12 heavy (non-hydrogen) atoms. The number of hydrogen-bond acceptors (Lipinski definition) is 3. The number of halogens is 2. The van der Waals surface area contributed by atoms with E-state index in [0.717, 1.165) is 6.07 Å². The Balaban J connectivity index is 2.69. The minimum absolute atomic E-state index is 0.114. The molecule has 1 N–H and O–H groups in total. The van der Waals surface area contributed by atoms with Crippen molar-refractivity contribution in [3.05, 3.63) is 23.2 Å². The van der Waals surface area contributed by atoms with Gasteiger partial charge in [-0.25, -0.2) is 9.37 Å². The number of aromatic nitrogens is 1. The summed E-state index contributed by atoms with van der Waals surface area (Å²) < 4.78 is 17.5. The molecule has 5 heteroatoms. The maximum atomic E-state index is 12.7. The van der Waals surface area contributed by atoms with Crippen LogP contribution < -0.4 is 4.74 Å². The van der Waals surface area contributed by atoms with Crippen LogP contribution in [0.4, 0.5) is 4.39 Å². The first-order valence-electron chi connectivity index (χ1n) is 3.28. The lowest BCUT2D eigenvalue weighted by atomic mass is 10.4. The fraction of sp³-hybridized carbons (Fsp3) is 0.286. The van der Waals surface area contributed by atoms with Gasteiger partial charge in [-0.3, -0.25) is 0 Å². The zero-order valence-corrected chi connectivity index (χ0v) is 6.88. The Labute approximate surface area is 73.8 Å². The molecule has 1 rings (SSSR count). The molecule has 0 saturated carbocycles. The van der Waals surface area contributed by atoms with Gasteiger partial charge in [-0.15, -0.1) is 0 Å². The van der Waals surface area contributed by atoms with Gasteiger partial charge in [0, 0.05) is 6.07 Å². The molecule has 0 unspecified atom stereocenters. The Hall–Kier alpha value is -0.870. The highest BCUT2D eigenvalue weighted by atomic mass is 35.5. The molecule has 1 aromatic heterocycles. The molecule has 0 radical (unpaired) electrons. The number of hydrogen-bond donors (Lipinski definition) is 1. The zero-order chi connectivity index (χ0) is 8.97. The summed E-state index contributed by atoms with van der Waals surface area (Å²) in [6.07, 6.45) is 1.29. The molecule has 3 nitrogen and oxygen atoms in total. The third-order valence-electron chi connectivity index (χ3n) is 1.13. The maximum Gasteiger partial charge on any atom is 0.164 e. The van der Waals surface area contributed by atoms with Crippen LogP contribution in [0.25, 0.3) is 0 Å². The van der Waals surface area contributed by atoms with Gasteiger partial charge in [0.05, 0.1) is 12.8 Å². The molecule has 0 spiro atoms. The third-order valence-corrected chi connectivity index (χ3v) is 1.41. The first-order valence-corrected chi connectivity index (χ1v) is 3.66. The van der Waals surface area contributed by atoms with E-state index in [2.05, 4.69) is 4.98 Å². The zero-order valence-electron chi connectivity index (χ0n) is 6.13. The van der Waals surface area contributed by atoms with Crippen molar-refractivity contribution in [1.82, 2.24) is 4.98 Å². The van der Waals surface area contributed by atoms with Gasteiger partial charge >= 0.3 is 0 Å². The van der Waals surface area contributed by atoms with Gasteiger partial charge in [0.25, 0.3) is 0 Å². The van der Waals surface area contributed by atoms with Gasteiger partial charge in [-0.05, 0) is 0 Å². The van der Waals surface area contributed by atoms with E-state index in [-0.39, 0.29) is 24.1 Å². The fourth-order valence-electron chi connectivity index (χ4n) is 0.646. The van der Waals surface area contributed by atoms with Crippen LogP contribution in [0.15, 0.2) is 12.3 Å². The number of ether oxygens (including phenoxy) is 1. The highest BCUT2D eigenvalue weighted by molar-refractivity contribution is 6.29. The summed E-state index contributed by atoms with van der Waals surface area (Å²) in [5.41, 5.74) is 0. The van der Waals surface area contributed by atoms with Crippen LogP contribution >= 0.6 is 11.6 Å². The summed E-state index contributed by atoms with van der Waals surface area (Å²) >= 11 is 5.32. The summed E-state index contributed by atoms with van der Waals surface area (Å²) in [7, 11) is 0. The van der Waals surface area contributed by atoms with Crippen molar-refractivity contribution in [2.24, 2.45) is 0 Å². The number of rotatable bonds is 3. The quantitative estimate of drug-likeness (QED) is 0.732. The molecule has 0 aromatic carbocycles. The Morgan fingerprint density at radius 2 is 2.42 bits per heavy atom. The highest BCUT2D eigenvalue weighted by Crippen LogP contribution is 2.16. The van der Waals surface area contributed by atoms with Gasteiger partial charge in [0.15, 0.2) is 11.0 Å². The number of aliphatic hydroxyl groups excluding tert-OH is 1. The minimum atomic E-state index is -0.632. The number of aliphatic hydroxyl groups is 1. The van der Waals surface area contributed by atoms with Gasteiger partial charge in [0.2, 0.25) is 0 Å². The van der Waals surface area contributed by atoms with Crippen LogP contribution in [0.1, 0.15) is 0 Å². The molecule has 0 atom stereocenters. The summed E-state index contributed by atoms with van der Waals surface area (Å²) in [6.45, 7) is -0.00695. The van der Waals surface area contributed by atoms with E-state index in [0.29, 0.717) is 0 Å². The third kappa shape index (κ3) is 2.32. The molecule has 0 aliphatic carbocycles. The molecule has 66 valence electrons. The molecule has 0 fully saturated rings. The van der Waals surface area contributed by atoms with E-state index in [1.54, 1.807) is 0 Å². The second kappa shape index (κ2) is 4.23. The van der Waals surface area contributed by atoms with E-state index >= 15 is 0 Å². The normalized spacial score (nSPS) is 9.92. The van der Waals surface area contributed by atoms with Crippen LogP contribution in [-0.4, -0.2) is 23.3 Å². The minimum Gasteiger partial charge on any atom is -0.489 e. The largest absolute Gasteiger partial charge is 0.489 e. The standard InChI is InChI=1S/C7H7ClFNO2/c8-7-6(9)3-5(4-10-7)12-2-1-11/h3-4,11H,1-2H2. The van der Waals surface area contributed by atoms with E-state index < -0.39 is 5.82 Å². The fourth-order valence-corrected chi connectivity index (χ4v) is 0.749. The van der Waals surface area contributed by atoms with Crippen LogP contribution in [0.5, 0.6) is 5.75 Å². The Morgan fingerprint density at radius 1 is 1.67 bits per heavy atom. The lowest BCUT2D eigenvalue weighted by Gasteiger charge is -2.02. The molecule has 0 bridgehead atoms. The van der Waals surface area contributed by atoms with Crippen LogP contribution in [0.2, 0.25) is 5.15 Å². The molecule has 0 aliphatic rings. The monoisotopic (exact) mass is 191 g/mol. The molecule has 1 aromatic rings. The summed E-state index contributed by atoms with van der Waals surface area (Å²) in [5, 5.41) is 8.20. The lowest BCUT2D eigenvalue weighted by molar-refractivity contribution is 0.200. The first kappa shape index (κ1) is 9.22. The number of nitrogens with zero attached hydrogens (tertiary/aromatic N) is 1. The van der Waals surface area contributed by atoms with Crippen molar-refractivity contribution in [3.8, 4) is 5.75 Å². The van der Waals surface area contributed by atoms with E-state index in [4.69, 9.17) is 21.4 Å². The predicted molar refractivity (Wildman–Crippen MR) is 41.8 cm³/mol. The van der Waals surface area contributed by atoms with Crippen molar-refractivity contribution < 1.29 is 14.2 Å². The van der Waals surface area contributed by atoms with Crippen LogP contribution in [0.3, 0.4) is 0 Å². The Morgan fingerprint density at radius 3 is 3.00 bits per heavy atom. The highest BCUT2D eigenvalue weighted by Gasteiger charge is 2.02. The lowest BCUT2D eigenvalue weighted by Crippen LogP contribution is -2.02. The Kier molecular flexibility index (Phi) is 3.25. The average Bonchev–Trinajstić information content (AvgIpc) is 2.07. The molecule has 0 amide bonds. The van der Waals surface area contributed by atoms with Crippen molar-refractivity contribution >= 4 is 11.6 Å². The van der Waals surface area contributed by atoms with E-state index in [1.807, 2.05) is 0 Å². The van der Waals surface area contributed by atoms with Crippen LogP contribution in [-0.2, 0) is 0 Å². The van der Waals surface area contributed by atoms with E-state index in [1.165, 1.54) is 6.20 Å². The molecular weight excluding hydrogens is 185 g/mol. The van der Waals surface area contributed by atoms with Gasteiger partial charge in [-0.2, -0.15) is 0 Å². The second-order valence-corrected chi connectivity index (χ2v) is 2.37. The summed E-state index contributed by atoms with van der Waals surface area (Å²) in [6, 6.07) is 1.12. The SMILES string of the molecule is OCCOc1cnc(Cl)c(F)c1. The molecule has 0 aliphatic heterocycles. The molecular formula is C7H7ClFNO2. The summed E-state index contributed by atoms with van der Waals surface area (Å²) in [4.78, 5) is 3.52. The van der Waals surface area contributed by atoms with Gasteiger partial charge in [0.1, 0.15) is 12.4 Å². The maximum absolute atomic E-state index is 12.7. The van der Waals surface area contributed by atoms with Gasteiger partial charge in [-0.1, -0.05) is 11.6 Å². The predicted octanol–water partition coefficient (Wildman–Crippen LogP) is 1.25. The number of pyridine rings is 1.